The predicted octanol–water partition coefficient (Wildman–Crippen LogP) is 2.18. The Hall–Kier alpha value is -1.41. The summed E-state index contributed by atoms with van der Waals surface area (Å²) in [5, 5.41) is 4.03. The molecule has 2 aromatic rings. The van der Waals surface area contributed by atoms with Crippen LogP contribution in [-0.4, -0.2) is 23.2 Å². The first-order valence-corrected chi connectivity index (χ1v) is 8.42. The van der Waals surface area contributed by atoms with Gasteiger partial charge in [-0.1, -0.05) is 15.9 Å². The van der Waals surface area contributed by atoms with Gasteiger partial charge in [-0.25, -0.2) is 18.1 Å². The minimum absolute atomic E-state index is 0.0440. The highest BCUT2D eigenvalue weighted by atomic mass is 79.9. The van der Waals surface area contributed by atoms with Gasteiger partial charge in [0, 0.05) is 10.5 Å². The first-order chi connectivity index (χ1) is 9.31. The van der Waals surface area contributed by atoms with Crippen molar-refractivity contribution in [3.63, 3.8) is 0 Å². The second-order valence-corrected chi connectivity index (χ2v) is 7.53. The average Bonchev–Trinajstić information content (AvgIpc) is 2.79. The number of sulfone groups is 1. The van der Waals surface area contributed by atoms with Crippen molar-refractivity contribution >= 4 is 31.5 Å². The molecule has 0 unspecified atom stereocenters. The van der Waals surface area contributed by atoms with Crippen LogP contribution in [0.4, 0.5) is 5.69 Å². The van der Waals surface area contributed by atoms with Gasteiger partial charge in [0.1, 0.15) is 17.9 Å². The Balaban J connectivity index is 2.41. The zero-order valence-corrected chi connectivity index (χ0v) is 13.5. The van der Waals surface area contributed by atoms with Gasteiger partial charge in [0.25, 0.3) is 0 Å². The third-order valence-corrected chi connectivity index (χ3v) is 4.92. The van der Waals surface area contributed by atoms with E-state index in [1.807, 2.05) is 13.8 Å². The molecule has 0 atom stereocenters. The Kier molecular flexibility index (Phi) is 4.14. The fourth-order valence-electron chi connectivity index (χ4n) is 1.83. The van der Waals surface area contributed by atoms with Crippen molar-refractivity contribution in [3.8, 4) is 0 Å². The van der Waals surface area contributed by atoms with Gasteiger partial charge >= 0.3 is 0 Å². The molecule has 0 saturated carbocycles. The molecule has 20 heavy (non-hydrogen) atoms. The molecule has 0 saturated heterocycles. The van der Waals surface area contributed by atoms with Gasteiger partial charge < -0.3 is 5.73 Å². The van der Waals surface area contributed by atoms with Crippen molar-refractivity contribution in [3.05, 3.63) is 34.8 Å². The molecule has 1 aromatic carbocycles. The van der Waals surface area contributed by atoms with Crippen LogP contribution in [0.1, 0.15) is 25.7 Å². The maximum absolute atomic E-state index is 12.5. The molecule has 6 nitrogen and oxygen atoms in total. The number of aromatic nitrogens is 3. The lowest BCUT2D eigenvalue weighted by molar-refractivity contribution is 0.510. The van der Waals surface area contributed by atoms with E-state index in [0.29, 0.717) is 10.3 Å². The summed E-state index contributed by atoms with van der Waals surface area (Å²) in [6.45, 7) is 3.83. The number of rotatable bonds is 4. The second kappa shape index (κ2) is 5.53. The van der Waals surface area contributed by atoms with E-state index in [-0.39, 0.29) is 22.4 Å². The van der Waals surface area contributed by atoms with E-state index in [0.717, 1.165) is 0 Å². The summed E-state index contributed by atoms with van der Waals surface area (Å²) in [7, 11) is -3.57. The molecule has 0 aliphatic carbocycles. The number of hydrogen-bond donors (Lipinski definition) is 1. The maximum Gasteiger partial charge on any atom is 0.187 e. The number of nitrogens with two attached hydrogens (primary N) is 1. The largest absolute Gasteiger partial charge is 0.398 e. The summed E-state index contributed by atoms with van der Waals surface area (Å²) in [5.41, 5.74) is 5.99. The fraction of sp³-hybridized carbons (Fsp3) is 0.333. The van der Waals surface area contributed by atoms with Crippen LogP contribution in [0.2, 0.25) is 0 Å². The second-order valence-electron chi connectivity index (χ2n) is 4.66. The summed E-state index contributed by atoms with van der Waals surface area (Å²) < 4.78 is 27.2. The molecule has 0 aliphatic heterocycles. The van der Waals surface area contributed by atoms with E-state index in [4.69, 9.17) is 5.73 Å². The Morgan fingerprint density at radius 1 is 1.40 bits per heavy atom. The Labute approximate surface area is 126 Å². The van der Waals surface area contributed by atoms with Gasteiger partial charge in [-0.05, 0) is 32.0 Å². The minimum Gasteiger partial charge on any atom is -0.398 e. The predicted molar refractivity (Wildman–Crippen MR) is 79.9 cm³/mol. The smallest absolute Gasteiger partial charge is 0.187 e. The van der Waals surface area contributed by atoms with Crippen LogP contribution in [0.15, 0.2) is 33.9 Å². The molecule has 0 aliphatic rings. The molecule has 108 valence electrons. The summed E-state index contributed by atoms with van der Waals surface area (Å²) >= 11 is 3.25. The highest BCUT2D eigenvalue weighted by Gasteiger charge is 2.22. The van der Waals surface area contributed by atoms with Gasteiger partial charge in [0.15, 0.2) is 9.84 Å². The summed E-state index contributed by atoms with van der Waals surface area (Å²) in [4.78, 5) is 4.12. The number of hydrogen-bond acceptors (Lipinski definition) is 5. The van der Waals surface area contributed by atoms with E-state index >= 15 is 0 Å². The molecule has 1 heterocycles. The van der Waals surface area contributed by atoms with Crippen LogP contribution < -0.4 is 5.73 Å². The quantitative estimate of drug-likeness (QED) is 0.845. The third-order valence-electron chi connectivity index (χ3n) is 2.77. The Bertz CT molecular complexity index is 725. The van der Waals surface area contributed by atoms with Gasteiger partial charge in [-0.3, -0.25) is 0 Å². The molecular weight excluding hydrogens is 344 g/mol. The average molecular weight is 359 g/mol. The Morgan fingerprint density at radius 3 is 2.75 bits per heavy atom. The van der Waals surface area contributed by atoms with Crippen molar-refractivity contribution in [2.45, 2.75) is 30.5 Å². The van der Waals surface area contributed by atoms with Crippen molar-refractivity contribution in [2.24, 2.45) is 0 Å². The first kappa shape index (κ1) is 15.0. The van der Waals surface area contributed by atoms with Crippen molar-refractivity contribution < 1.29 is 8.42 Å². The molecular formula is C12H15BrN4O2S. The summed E-state index contributed by atoms with van der Waals surface area (Å²) in [5.74, 6) is 0.172. The third kappa shape index (κ3) is 3.01. The molecule has 1 aromatic heterocycles. The van der Waals surface area contributed by atoms with Crippen molar-refractivity contribution in [1.82, 2.24) is 14.8 Å². The van der Waals surface area contributed by atoms with E-state index in [2.05, 4.69) is 26.0 Å². The first-order valence-electron chi connectivity index (χ1n) is 5.97. The lowest BCUT2D eigenvalue weighted by atomic mass is 10.3. The van der Waals surface area contributed by atoms with Crippen molar-refractivity contribution in [2.75, 3.05) is 5.73 Å². The Morgan fingerprint density at radius 2 is 2.10 bits per heavy atom. The summed E-state index contributed by atoms with van der Waals surface area (Å²) in [6.07, 6.45) is 1.36. The molecule has 0 fully saturated rings. The molecule has 0 bridgehead atoms. The normalized spacial score (nSPS) is 12.0. The van der Waals surface area contributed by atoms with Crippen LogP contribution in [0, 0.1) is 0 Å². The monoisotopic (exact) mass is 358 g/mol. The maximum atomic E-state index is 12.5. The van der Waals surface area contributed by atoms with Crippen molar-refractivity contribution in [1.29, 1.82) is 0 Å². The van der Waals surface area contributed by atoms with Gasteiger partial charge in [0.05, 0.1) is 10.6 Å². The zero-order chi connectivity index (χ0) is 14.9. The fourth-order valence-corrected chi connectivity index (χ4v) is 3.78. The van der Waals surface area contributed by atoms with Gasteiger partial charge in [-0.2, -0.15) is 5.10 Å². The lowest BCUT2D eigenvalue weighted by Crippen LogP contribution is -2.14. The van der Waals surface area contributed by atoms with Gasteiger partial charge in [0.2, 0.25) is 0 Å². The van der Waals surface area contributed by atoms with E-state index in [1.165, 1.54) is 12.4 Å². The number of benzene rings is 1. The molecule has 2 rings (SSSR count). The minimum atomic E-state index is -3.57. The summed E-state index contributed by atoms with van der Waals surface area (Å²) in [6, 6.07) is 4.80. The van der Waals surface area contributed by atoms with Crippen LogP contribution in [0.3, 0.4) is 0 Å². The standard InChI is InChI=1S/C12H15BrN4O2S/c1-8(2)17-12(15-7-16-17)6-20(18,19)11-5-9(13)3-4-10(11)14/h3-5,7-8H,6,14H2,1-2H3. The van der Waals surface area contributed by atoms with Crippen LogP contribution in [0.5, 0.6) is 0 Å². The highest BCUT2D eigenvalue weighted by molar-refractivity contribution is 9.10. The molecule has 0 radical (unpaired) electrons. The zero-order valence-electron chi connectivity index (χ0n) is 11.1. The topological polar surface area (TPSA) is 90.9 Å². The molecule has 8 heteroatoms. The number of halogens is 1. The van der Waals surface area contributed by atoms with E-state index in [1.54, 1.807) is 16.8 Å². The van der Waals surface area contributed by atoms with E-state index < -0.39 is 9.84 Å². The van der Waals surface area contributed by atoms with Crippen LogP contribution >= 0.6 is 15.9 Å². The molecule has 0 amide bonds. The lowest BCUT2D eigenvalue weighted by Gasteiger charge is -2.11. The van der Waals surface area contributed by atoms with Crippen LogP contribution in [0.25, 0.3) is 0 Å². The highest BCUT2D eigenvalue weighted by Crippen LogP contribution is 2.26. The SMILES string of the molecule is CC(C)n1ncnc1CS(=O)(=O)c1cc(Br)ccc1N. The number of nitrogen functional groups attached to an aromatic ring is 1. The van der Waals surface area contributed by atoms with Crippen LogP contribution in [-0.2, 0) is 15.6 Å². The molecule has 2 N–H and O–H groups in total. The number of nitrogens with zero attached hydrogens (tertiary/aromatic N) is 3. The number of anilines is 1. The van der Waals surface area contributed by atoms with Gasteiger partial charge in [-0.15, -0.1) is 0 Å². The van der Waals surface area contributed by atoms with E-state index in [9.17, 15) is 8.42 Å². The molecule has 0 spiro atoms.